The third kappa shape index (κ3) is 7.63. The number of hydrazone groups is 1. The molecule has 0 fully saturated rings. The molecule has 8 heteroatoms. The zero-order chi connectivity index (χ0) is 22.8. The van der Waals surface area contributed by atoms with Crippen molar-refractivity contribution in [3.63, 3.8) is 0 Å². The van der Waals surface area contributed by atoms with Crippen molar-refractivity contribution in [2.45, 2.75) is 30.5 Å². The fourth-order valence-electron chi connectivity index (χ4n) is 2.58. The lowest BCUT2D eigenvalue weighted by Gasteiger charge is -2.09. The number of hydrogen-bond donors (Lipinski definition) is 2. The molecule has 0 bridgehead atoms. The lowest BCUT2D eigenvalue weighted by atomic mass is 10.2. The topological polar surface area (TPSA) is 92.9 Å². The normalized spacial score (nSPS) is 11.8. The van der Waals surface area contributed by atoms with Crippen LogP contribution in [0.5, 0.6) is 5.75 Å². The molecule has 7 nitrogen and oxygen atoms in total. The highest BCUT2D eigenvalue weighted by Gasteiger charge is 2.13. The molecule has 0 spiro atoms. The molecule has 1 heterocycles. The van der Waals surface area contributed by atoms with Crippen LogP contribution in [0.15, 0.2) is 81.3 Å². The van der Waals surface area contributed by atoms with Crippen LogP contribution in [0.1, 0.15) is 23.8 Å². The molecule has 0 aliphatic heterocycles. The van der Waals surface area contributed by atoms with Crippen molar-refractivity contribution in [3.05, 3.63) is 83.8 Å². The molecule has 0 unspecified atom stereocenters. The molecule has 1 aromatic heterocycles. The summed E-state index contributed by atoms with van der Waals surface area (Å²) < 4.78 is 10.6. The van der Waals surface area contributed by atoms with Crippen molar-refractivity contribution in [3.8, 4) is 5.75 Å². The van der Waals surface area contributed by atoms with Crippen LogP contribution in [0.3, 0.4) is 0 Å². The minimum atomic E-state index is -0.274. The van der Waals surface area contributed by atoms with Crippen LogP contribution in [0.4, 0.5) is 0 Å². The number of thioether (sulfide) groups is 1. The first-order chi connectivity index (χ1) is 15.5. The van der Waals surface area contributed by atoms with E-state index in [0.717, 1.165) is 10.5 Å². The third-order valence-electron chi connectivity index (χ3n) is 4.38. The number of amides is 2. The lowest BCUT2D eigenvalue weighted by molar-refractivity contribution is -0.123. The molecule has 0 radical (unpaired) electrons. The van der Waals surface area contributed by atoms with Gasteiger partial charge in [0.25, 0.3) is 11.8 Å². The number of hydrogen-bond acceptors (Lipinski definition) is 6. The Morgan fingerprint density at radius 2 is 1.88 bits per heavy atom. The summed E-state index contributed by atoms with van der Waals surface area (Å²) in [6.07, 6.45) is 3.11. The molecular weight excluding hydrogens is 426 g/mol. The SMILES string of the molecule is Cc1ccc(S[C@@H](C)C(=O)N/N=C\c2ccc(OCC(=O)NCc3ccco3)cc2)cc1. The van der Waals surface area contributed by atoms with E-state index in [0.29, 0.717) is 18.1 Å². The molecule has 2 amide bonds. The van der Waals surface area contributed by atoms with Gasteiger partial charge in [-0.2, -0.15) is 5.10 Å². The second-order valence-corrected chi connectivity index (χ2v) is 8.44. The number of rotatable bonds is 10. The Hall–Kier alpha value is -3.52. The Balaban J connectivity index is 1.38. The number of nitrogens with zero attached hydrogens (tertiary/aromatic N) is 1. The van der Waals surface area contributed by atoms with Gasteiger partial charge >= 0.3 is 0 Å². The van der Waals surface area contributed by atoms with Gasteiger partial charge < -0.3 is 14.5 Å². The monoisotopic (exact) mass is 451 g/mol. The maximum Gasteiger partial charge on any atom is 0.258 e. The van der Waals surface area contributed by atoms with Crippen molar-refractivity contribution < 1.29 is 18.7 Å². The first-order valence-corrected chi connectivity index (χ1v) is 11.0. The average Bonchev–Trinajstić information content (AvgIpc) is 3.32. The van der Waals surface area contributed by atoms with E-state index in [4.69, 9.17) is 9.15 Å². The Morgan fingerprint density at radius 1 is 1.12 bits per heavy atom. The molecule has 2 N–H and O–H groups in total. The van der Waals surface area contributed by atoms with Gasteiger partial charge in [0, 0.05) is 4.90 Å². The van der Waals surface area contributed by atoms with Crippen LogP contribution in [-0.4, -0.2) is 29.9 Å². The fourth-order valence-corrected chi connectivity index (χ4v) is 3.45. The molecule has 2 aromatic carbocycles. The van der Waals surface area contributed by atoms with Gasteiger partial charge in [0.15, 0.2) is 6.61 Å². The zero-order valence-electron chi connectivity index (χ0n) is 17.9. The second-order valence-electron chi connectivity index (χ2n) is 7.02. The first kappa shape index (κ1) is 23.1. The minimum Gasteiger partial charge on any atom is -0.484 e. The summed E-state index contributed by atoms with van der Waals surface area (Å²) in [4.78, 5) is 25.1. The van der Waals surface area contributed by atoms with Gasteiger partial charge in [-0.1, -0.05) is 17.7 Å². The van der Waals surface area contributed by atoms with Crippen molar-refractivity contribution in [2.75, 3.05) is 6.61 Å². The van der Waals surface area contributed by atoms with Crippen molar-refractivity contribution in [1.82, 2.24) is 10.7 Å². The highest BCUT2D eigenvalue weighted by molar-refractivity contribution is 8.00. The molecule has 3 aromatic rings. The Kier molecular flexibility index (Phi) is 8.51. The summed E-state index contributed by atoms with van der Waals surface area (Å²) in [6, 6.07) is 18.6. The van der Waals surface area contributed by atoms with E-state index < -0.39 is 0 Å². The smallest absolute Gasteiger partial charge is 0.258 e. The van der Waals surface area contributed by atoms with Crippen molar-refractivity contribution in [1.29, 1.82) is 0 Å². The Labute approximate surface area is 191 Å². The number of benzene rings is 2. The number of carbonyl (C=O) groups is 2. The van der Waals surface area contributed by atoms with Gasteiger partial charge in [-0.15, -0.1) is 11.8 Å². The van der Waals surface area contributed by atoms with Crippen molar-refractivity contribution >= 4 is 29.8 Å². The van der Waals surface area contributed by atoms with Gasteiger partial charge in [-0.05, 0) is 67.9 Å². The predicted octanol–water partition coefficient (Wildman–Crippen LogP) is 3.91. The third-order valence-corrected chi connectivity index (χ3v) is 5.49. The van der Waals surface area contributed by atoms with Gasteiger partial charge in [-0.3, -0.25) is 9.59 Å². The summed E-state index contributed by atoms with van der Waals surface area (Å²) in [5.74, 6) is 0.819. The van der Waals surface area contributed by atoms with Crippen LogP contribution < -0.4 is 15.5 Å². The molecule has 0 saturated heterocycles. The lowest BCUT2D eigenvalue weighted by Crippen LogP contribution is -2.28. The second kappa shape index (κ2) is 11.8. The number of ether oxygens (including phenoxy) is 1. The number of carbonyl (C=O) groups excluding carboxylic acids is 2. The summed E-state index contributed by atoms with van der Waals surface area (Å²) >= 11 is 1.48. The first-order valence-electron chi connectivity index (χ1n) is 10.1. The van der Waals surface area contributed by atoms with Gasteiger partial charge in [0.1, 0.15) is 11.5 Å². The molecule has 0 aliphatic carbocycles. The quantitative estimate of drug-likeness (QED) is 0.277. The van der Waals surface area contributed by atoms with E-state index in [1.54, 1.807) is 48.9 Å². The van der Waals surface area contributed by atoms with Gasteiger partial charge in [0.2, 0.25) is 0 Å². The van der Waals surface area contributed by atoms with Gasteiger partial charge in [-0.25, -0.2) is 5.43 Å². The summed E-state index contributed by atoms with van der Waals surface area (Å²) in [5, 5.41) is 6.46. The Bertz CT molecular complexity index is 1030. The number of aryl methyl sites for hydroxylation is 1. The minimum absolute atomic E-state index is 0.0965. The molecular formula is C24H25N3O4S. The van der Waals surface area contributed by atoms with Crippen LogP contribution in [0.2, 0.25) is 0 Å². The van der Waals surface area contributed by atoms with Crippen LogP contribution in [-0.2, 0) is 16.1 Å². The molecule has 3 rings (SSSR count). The highest BCUT2D eigenvalue weighted by Crippen LogP contribution is 2.23. The van der Waals surface area contributed by atoms with Crippen LogP contribution in [0, 0.1) is 6.92 Å². The number of furan rings is 1. The van der Waals surface area contributed by atoms with E-state index in [1.165, 1.54) is 17.3 Å². The van der Waals surface area contributed by atoms with Crippen LogP contribution >= 0.6 is 11.8 Å². The van der Waals surface area contributed by atoms with E-state index >= 15 is 0 Å². The van der Waals surface area contributed by atoms with E-state index in [9.17, 15) is 9.59 Å². The predicted molar refractivity (Wildman–Crippen MR) is 125 cm³/mol. The average molecular weight is 452 g/mol. The number of nitrogens with one attached hydrogen (secondary N) is 2. The van der Waals surface area contributed by atoms with Crippen molar-refractivity contribution in [2.24, 2.45) is 5.10 Å². The summed E-state index contributed by atoms with van der Waals surface area (Å²) in [6.45, 7) is 4.09. The maximum absolute atomic E-state index is 12.2. The van der Waals surface area contributed by atoms with Gasteiger partial charge in [0.05, 0.1) is 24.3 Å². The molecule has 1 atom stereocenters. The largest absolute Gasteiger partial charge is 0.484 e. The summed E-state index contributed by atoms with van der Waals surface area (Å²) in [5.41, 5.74) is 4.53. The molecule has 0 saturated carbocycles. The Morgan fingerprint density at radius 3 is 2.56 bits per heavy atom. The molecule has 166 valence electrons. The van der Waals surface area contributed by atoms with E-state index in [-0.39, 0.29) is 23.7 Å². The highest BCUT2D eigenvalue weighted by atomic mass is 32.2. The van der Waals surface area contributed by atoms with E-state index in [1.807, 2.05) is 38.1 Å². The van der Waals surface area contributed by atoms with E-state index in [2.05, 4.69) is 15.8 Å². The zero-order valence-corrected chi connectivity index (χ0v) is 18.7. The molecule has 0 aliphatic rings. The standard InChI is InChI=1S/C24H25N3O4S/c1-17-5-11-22(12-6-17)32-18(2)24(29)27-26-14-19-7-9-20(10-8-19)31-16-23(28)25-15-21-4-3-13-30-21/h3-14,18H,15-16H2,1-2H3,(H,25,28)(H,27,29)/b26-14-/t18-/m0/s1. The molecule has 32 heavy (non-hydrogen) atoms. The maximum atomic E-state index is 12.2. The summed E-state index contributed by atoms with van der Waals surface area (Å²) in [7, 11) is 0. The fraction of sp³-hybridized carbons (Fsp3) is 0.208. The van der Waals surface area contributed by atoms with Crippen LogP contribution in [0.25, 0.3) is 0 Å².